The summed E-state index contributed by atoms with van der Waals surface area (Å²) in [4.78, 5) is 212. The lowest BCUT2D eigenvalue weighted by Crippen LogP contribution is -2.61. The molecule has 0 aliphatic rings. The van der Waals surface area contributed by atoms with E-state index in [9.17, 15) is 71.9 Å². The molecule has 0 aliphatic heterocycles. The summed E-state index contributed by atoms with van der Waals surface area (Å²) in [5.41, 5.74) is 47.2. The lowest BCUT2D eigenvalue weighted by Gasteiger charge is -2.30. The van der Waals surface area contributed by atoms with Crippen LogP contribution in [0.2, 0.25) is 0 Å². The van der Waals surface area contributed by atoms with Crippen molar-refractivity contribution in [3.8, 4) is 0 Å². The molecular weight excluding hydrogens is 1570 g/mol. The minimum atomic E-state index is -1.33. The average Bonchev–Trinajstić information content (AvgIpc) is 0.853. The monoisotopic (exact) mass is 1730 g/mol. The van der Waals surface area contributed by atoms with Crippen LogP contribution in [0, 0.1) is 41.4 Å². The van der Waals surface area contributed by atoms with Gasteiger partial charge in [-0.2, -0.15) is 0 Å². The number of hydrogen-bond donors (Lipinski definition) is 22. The van der Waals surface area contributed by atoms with Crippen LogP contribution in [-0.4, -0.2) is 218 Å². The van der Waals surface area contributed by atoms with E-state index >= 15 is 0 Å². The number of nitrogens with one attached hydrogen (secondary N) is 13. The smallest absolute Gasteiger partial charge is 0.303 e. The second-order valence-electron chi connectivity index (χ2n) is 35.6. The van der Waals surface area contributed by atoms with Crippen molar-refractivity contribution in [2.75, 3.05) is 39.3 Å². The van der Waals surface area contributed by atoms with Gasteiger partial charge in [0.15, 0.2) is 0 Å². The van der Waals surface area contributed by atoms with Gasteiger partial charge in [-0.25, -0.2) is 0 Å². The third-order valence-electron chi connectivity index (χ3n) is 20.4. The summed E-state index contributed by atoms with van der Waals surface area (Å²) in [6, 6.07) is -17.1. The number of carbonyl (C=O) groups excluding carboxylic acids is 14. The lowest BCUT2D eigenvalue weighted by molar-refractivity contribution is -0.137. The Balaban J connectivity index is 7.40. The number of aliphatic carboxylic acids is 1. The normalized spacial score (nSPS) is 15.0. The van der Waals surface area contributed by atoms with Crippen LogP contribution in [-0.2, 0) is 71.9 Å². The van der Waals surface area contributed by atoms with Gasteiger partial charge < -0.3 is 120 Å². The van der Waals surface area contributed by atoms with Crippen molar-refractivity contribution < 1.29 is 77.0 Å². The fourth-order valence-corrected chi connectivity index (χ4v) is 13.9. The van der Waals surface area contributed by atoms with Crippen molar-refractivity contribution in [1.29, 1.82) is 0 Å². The molecule has 0 aliphatic carbocycles. The maximum Gasteiger partial charge on any atom is 0.303 e. The quantitative estimate of drug-likeness (QED) is 0.0375. The Morgan fingerprint density at radius 1 is 0.213 bits per heavy atom. The van der Waals surface area contributed by atoms with E-state index in [1.807, 2.05) is 96.9 Å². The highest BCUT2D eigenvalue weighted by molar-refractivity contribution is 6.00. The molecule has 0 spiro atoms. The van der Waals surface area contributed by atoms with Gasteiger partial charge in [-0.15, -0.1) is 0 Å². The molecule has 0 radical (unpaired) electrons. The topological polar surface area (TPSA) is 641 Å². The molecule has 0 aromatic rings. The maximum absolute atomic E-state index is 14.9. The van der Waals surface area contributed by atoms with Gasteiger partial charge in [0, 0.05) is 6.42 Å². The van der Waals surface area contributed by atoms with Gasteiger partial charge in [0.05, 0.1) is 6.04 Å². The van der Waals surface area contributed by atoms with Gasteiger partial charge in [0.1, 0.15) is 78.5 Å². The molecule has 0 bridgehead atoms. The minimum Gasteiger partial charge on any atom is -0.481 e. The number of hydrogen-bond acceptors (Lipinski definition) is 22. The third kappa shape index (κ3) is 50.5. The SMILES string of the molecule is CC(C)C[C@H](NC(=O)[C@H](CCCCN)NC(=O)[C@H](CCCCN)NC(=O)[C@H](CC(C)C)NC(=O)[C@H](CC(C)C)NC(=O)[C@H](CCCCN)NC(=O)[C@H](CCCCN)NC(=O)[C@H](CC(C)C)NC(=O)[C@H](CC(C)C)NC(=O)[C@H](CCCCN)NC(=O)[C@H](CCCCN)NC(=O)[C@H](CC(C)C)NC(=O)[C@@H](N)CC(C)C)C(=O)N[C@@H](CCCCC(=O)O)C(N)=O. The molecule has 0 unspecified atom stereocenters. The first-order valence-corrected chi connectivity index (χ1v) is 44.9. The van der Waals surface area contributed by atoms with Crippen molar-refractivity contribution in [3.63, 3.8) is 0 Å². The van der Waals surface area contributed by atoms with E-state index in [0.717, 1.165) is 0 Å². The number of carbonyl (C=O) groups is 15. The van der Waals surface area contributed by atoms with Gasteiger partial charge in [-0.3, -0.25) is 71.9 Å². The number of nitrogens with two attached hydrogens (primary N) is 8. The molecule has 14 amide bonds. The molecule has 0 fully saturated rings. The van der Waals surface area contributed by atoms with Gasteiger partial charge in [0.2, 0.25) is 82.7 Å². The summed E-state index contributed by atoms with van der Waals surface area (Å²) in [5.74, 6) is -12.3. The van der Waals surface area contributed by atoms with Crippen LogP contribution in [0.4, 0.5) is 0 Å². The zero-order valence-electron chi connectivity index (χ0n) is 76.1. The lowest BCUT2D eigenvalue weighted by atomic mass is 9.98. The van der Waals surface area contributed by atoms with Crippen molar-refractivity contribution >= 4 is 88.7 Å². The Kier molecular flexibility index (Phi) is 60.2. The van der Waals surface area contributed by atoms with E-state index in [4.69, 9.17) is 51.0 Å². The number of primary amides is 1. The number of carboxylic acid groups (broad SMARTS) is 1. The van der Waals surface area contributed by atoms with Crippen LogP contribution in [0.15, 0.2) is 0 Å². The molecule has 0 saturated carbocycles. The standard InChI is InChI=1S/C85H163N21O16/c1-50(2)43-57(92)73(110)101-65(44-51(3)4)81(118)98-59(30-17-23-37-86)74(111)96-63(34-21-27-41-90)78(115)103-69(48-55(11)12)84(121)106-68(47-54(9)10)83(120)100-61(32-19-25-39-88)76(113)97-64(35-22-28-42-91)79(116)104-70(49-56(13)14)85(122)105-67(46-53(7)8)82(119)99-60(31-18-24-38-87)75(112)95-62(33-20-26-40-89)77(114)102-66(45-52(5)6)80(117)94-58(72(93)109)29-15-16-36-71(107)108/h50-70H,15-49,86-92H2,1-14H3,(H2,93,109)(H,94,117)(H,95,112)(H,96,111)(H,97,113)(H,98,118)(H,99,119)(H,100,120)(H,101,110)(H,102,114)(H,103,115)(H,104,116)(H,105,122)(H,106,121)(H,107,108)/t57-,58-,59-,60-,61-,62-,63-,64-,65-,66-,67-,68-,69-,70-/m0/s1. The van der Waals surface area contributed by atoms with Gasteiger partial charge in [-0.05, 0) is 254 Å². The van der Waals surface area contributed by atoms with E-state index in [2.05, 4.69) is 69.1 Å². The second-order valence-corrected chi connectivity index (χ2v) is 35.6. The predicted molar refractivity (Wildman–Crippen MR) is 472 cm³/mol. The summed E-state index contributed by atoms with van der Waals surface area (Å²) in [6.45, 7) is 27.3. The molecule has 0 saturated heterocycles. The highest BCUT2D eigenvalue weighted by atomic mass is 16.4. The van der Waals surface area contributed by atoms with Crippen LogP contribution in [0.1, 0.15) is 283 Å². The van der Waals surface area contributed by atoms with Crippen molar-refractivity contribution in [2.45, 2.75) is 368 Å². The predicted octanol–water partition coefficient (Wildman–Crippen LogP) is 0.843. The Hall–Kier alpha value is -8.23. The van der Waals surface area contributed by atoms with E-state index in [-0.39, 0.29) is 177 Å². The molecular formula is C85H163N21O16. The first-order valence-electron chi connectivity index (χ1n) is 44.9. The van der Waals surface area contributed by atoms with Crippen molar-refractivity contribution in [3.05, 3.63) is 0 Å². The maximum atomic E-state index is 14.9. The molecule has 37 nitrogen and oxygen atoms in total. The number of unbranched alkanes of at least 4 members (excludes halogenated alkanes) is 7. The van der Waals surface area contributed by atoms with Crippen LogP contribution in [0.5, 0.6) is 0 Å². The number of carboxylic acids is 1. The highest BCUT2D eigenvalue weighted by Crippen LogP contribution is 2.19. The van der Waals surface area contributed by atoms with E-state index < -0.39 is 173 Å². The fourth-order valence-electron chi connectivity index (χ4n) is 13.9. The summed E-state index contributed by atoms with van der Waals surface area (Å²) >= 11 is 0. The molecule has 30 N–H and O–H groups in total. The zero-order valence-corrected chi connectivity index (χ0v) is 76.1. The van der Waals surface area contributed by atoms with E-state index in [0.29, 0.717) is 90.0 Å². The summed E-state index contributed by atoms with van der Waals surface area (Å²) in [7, 11) is 0. The largest absolute Gasteiger partial charge is 0.481 e. The van der Waals surface area contributed by atoms with Gasteiger partial charge in [-0.1, -0.05) is 103 Å². The molecule has 704 valence electrons. The molecule has 122 heavy (non-hydrogen) atoms. The zero-order chi connectivity index (χ0) is 92.7. The van der Waals surface area contributed by atoms with Crippen LogP contribution in [0.25, 0.3) is 0 Å². The molecule has 0 aromatic carbocycles. The number of rotatable bonds is 70. The van der Waals surface area contributed by atoms with Crippen molar-refractivity contribution in [2.24, 2.45) is 87.3 Å². The first-order chi connectivity index (χ1) is 57.5. The molecule has 14 atom stereocenters. The minimum absolute atomic E-state index is 0.0206. The summed E-state index contributed by atoms with van der Waals surface area (Å²) in [5, 5.41) is 45.4. The fraction of sp³-hybridized carbons (Fsp3) is 0.824. The van der Waals surface area contributed by atoms with Crippen molar-refractivity contribution in [1.82, 2.24) is 69.1 Å². The Labute approximate surface area is 725 Å². The van der Waals surface area contributed by atoms with Crippen LogP contribution in [0.3, 0.4) is 0 Å². The molecule has 0 rings (SSSR count). The Bertz CT molecular complexity index is 3140. The van der Waals surface area contributed by atoms with E-state index in [1.165, 1.54) is 0 Å². The Morgan fingerprint density at radius 3 is 0.525 bits per heavy atom. The van der Waals surface area contributed by atoms with E-state index in [1.54, 1.807) is 0 Å². The van der Waals surface area contributed by atoms with Gasteiger partial charge >= 0.3 is 5.97 Å². The van der Waals surface area contributed by atoms with Crippen LogP contribution < -0.4 is 115 Å². The molecule has 37 heteroatoms. The molecule has 0 heterocycles. The summed E-state index contributed by atoms with van der Waals surface area (Å²) < 4.78 is 0. The number of amides is 14. The van der Waals surface area contributed by atoms with Crippen LogP contribution >= 0.6 is 0 Å². The second kappa shape index (κ2) is 64.5. The molecule has 0 aromatic heterocycles. The summed E-state index contributed by atoms with van der Waals surface area (Å²) in [6.07, 6.45) is 6.55. The first kappa shape index (κ1) is 114. The highest BCUT2D eigenvalue weighted by Gasteiger charge is 2.39. The van der Waals surface area contributed by atoms with Gasteiger partial charge in [0.25, 0.3) is 0 Å². The third-order valence-corrected chi connectivity index (χ3v) is 20.4. The average molecular weight is 1740 g/mol. The Morgan fingerprint density at radius 2 is 0.361 bits per heavy atom.